The molecule has 1 unspecified atom stereocenters. The first-order chi connectivity index (χ1) is 11.7. The molecule has 1 fully saturated rings. The maximum atomic E-state index is 13.6. The molecule has 5 heteroatoms. The zero-order chi connectivity index (χ0) is 17.2. The lowest BCUT2D eigenvalue weighted by Crippen LogP contribution is -2.40. The minimum Gasteiger partial charge on any atom is -0.356 e. The van der Waals surface area contributed by atoms with Gasteiger partial charge in [0.05, 0.1) is 0 Å². The van der Waals surface area contributed by atoms with Crippen LogP contribution < -0.4 is 10.6 Å². The predicted octanol–water partition coefficient (Wildman–Crippen LogP) is 2.66. The fraction of sp³-hybridized carbons (Fsp3) is 0.632. The summed E-state index contributed by atoms with van der Waals surface area (Å²) in [5.74, 6) is 1.48. The first-order valence-corrected chi connectivity index (χ1v) is 9.09. The van der Waals surface area contributed by atoms with Gasteiger partial charge in [0.15, 0.2) is 5.96 Å². The summed E-state index contributed by atoms with van der Waals surface area (Å²) in [6.45, 7) is 7.53. The van der Waals surface area contributed by atoms with E-state index in [1.54, 1.807) is 13.1 Å². The van der Waals surface area contributed by atoms with Crippen LogP contribution in [-0.2, 0) is 6.42 Å². The molecule has 2 N–H and O–H groups in total. The summed E-state index contributed by atoms with van der Waals surface area (Å²) >= 11 is 0. The second kappa shape index (κ2) is 10.3. The maximum absolute atomic E-state index is 13.6. The average molecular weight is 334 g/mol. The van der Waals surface area contributed by atoms with Gasteiger partial charge < -0.3 is 15.5 Å². The van der Waals surface area contributed by atoms with Gasteiger partial charge in [0, 0.05) is 26.7 Å². The Kier molecular flexibility index (Phi) is 8.02. The van der Waals surface area contributed by atoms with E-state index in [4.69, 9.17) is 0 Å². The molecule has 1 aromatic rings. The highest BCUT2D eigenvalue weighted by molar-refractivity contribution is 5.79. The second-order valence-corrected chi connectivity index (χ2v) is 6.67. The number of aliphatic imine (C=N–C) groups is 1. The summed E-state index contributed by atoms with van der Waals surface area (Å²) in [4.78, 5) is 6.78. The Balaban J connectivity index is 1.59. The van der Waals surface area contributed by atoms with Gasteiger partial charge in [0.25, 0.3) is 0 Å². The van der Waals surface area contributed by atoms with E-state index in [-0.39, 0.29) is 5.82 Å². The molecule has 4 nitrogen and oxygen atoms in total. The molecule has 0 bridgehead atoms. The van der Waals surface area contributed by atoms with E-state index in [1.165, 1.54) is 32.0 Å². The van der Waals surface area contributed by atoms with Gasteiger partial charge in [0.2, 0.25) is 0 Å². The monoisotopic (exact) mass is 334 g/mol. The normalized spacial score (nSPS) is 19.3. The maximum Gasteiger partial charge on any atom is 0.190 e. The van der Waals surface area contributed by atoms with Crippen LogP contribution in [0.1, 0.15) is 31.7 Å². The Bertz CT molecular complexity index is 518. The standard InChI is InChI=1S/C19H31FN4/c1-16-7-5-13-24(15-16)14-6-11-22-19(21-2)23-12-10-17-8-3-4-9-18(17)20/h3-4,8-9,16H,5-7,10-15H2,1-2H3,(H2,21,22,23). The quantitative estimate of drug-likeness (QED) is 0.457. The molecule has 2 rings (SSSR count). The lowest BCUT2D eigenvalue weighted by Gasteiger charge is -2.30. The Morgan fingerprint density at radius 1 is 1.29 bits per heavy atom. The van der Waals surface area contributed by atoms with Gasteiger partial charge in [-0.3, -0.25) is 4.99 Å². The first-order valence-electron chi connectivity index (χ1n) is 9.09. The van der Waals surface area contributed by atoms with Crippen molar-refractivity contribution in [3.8, 4) is 0 Å². The zero-order valence-electron chi connectivity index (χ0n) is 15.0. The summed E-state index contributed by atoms with van der Waals surface area (Å²) in [5.41, 5.74) is 0.736. The highest BCUT2D eigenvalue weighted by Crippen LogP contribution is 2.15. The summed E-state index contributed by atoms with van der Waals surface area (Å²) in [6.07, 6.45) is 4.46. The van der Waals surface area contributed by atoms with E-state index in [9.17, 15) is 4.39 Å². The molecule has 1 saturated heterocycles. The van der Waals surface area contributed by atoms with Crippen LogP contribution in [0.5, 0.6) is 0 Å². The molecule has 0 aliphatic carbocycles. The van der Waals surface area contributed by atoms with Crippen LogP contribution in [0.2, 0.25) is 0 Å². The third kappa shape index (κ3) is 6.48. The molecule has 134 valence electrons. The first kappa shape index (κ1) is 18.7. The summed E-state index contributed by atoms with van der Waals surface area (Å²) < 4.78 is 13.6. The van der Waals surface area contributed by atoms with Gasteiger partial charge in [-0.15, -0.1) is 0 Å². The number of halogens is 1. The fourth-order valence-corrected chi connectivity index (χ4v) is 3.24. The van der Waals surface area contributed by atoms with Crippen LogP contribution in [0, 0.1) is 11.7 Å². The molecule has 24 heavy (non-hydrogen) atoms. The lowest BCUT2D eigenvalue weighted by molar-refractivity contribution is 0.182. The third-order valence-electron chi connectivity index (χ3n) is 4.55. The van der Waals surface area contributed by atoms with Gasteiger partial charge in [0.1, 0.15) is 5.82 Å². The SMILES string of the molecule is CN=C(NCCCN1CCCC(C)C1)NCCc1ccccc1F. The molecule has 1 aromatic carbocycles. The van der Waals surface area contributed by atoms with Gasteiger partial charge in [-0.1, -0.05) is 25.1 Å². The number of nitrogens with zero attached hydrogens (tertiary/aromatic N) is 2. The third-order valence-corrected chi connectivity index (χ3v) is 4.55. The predicted molar refractivity (Wildman–Crippen MR) is 98.9 cm³/mol. The second-order valence-electron chi connectivity index (χ2n) is 6.67. The Labute approximate surface area is 145 Å². The number of hydrogen-bond acceptors (Lipinski definition) is 2. The number of nitrogens with one attached hydrogen (secondary N) is 2. The summed E-state index contributed by atoms with van der Waals surface area (Å²) in [7, 11) is 1.77. The van der Waals surface area contributed by atoms with Gasteiger partial charge in [-0.25, -0.2) is 4.39 Å². The fourth-order valence-electron chi connectivity index (χ4n) is 3.24. The molecule has 1 atom stereocenters. The van der Waals surface area contributed by atoms with Gasteiger partial charge >= 0.3 is 0 Å². The van der Waals surface area contributed by atoms with E-state index in [1.807, 2.05) is 12.1 Å². The molecule has 0 amide bonds. The van der Waals surface area contributed by atoms with Crippen molar-refractivity contribution in [2.75, 3.05) is 39.8 Å². The zero-order valence-corrected chi connectivity index (χ0v) is 15.0. The minimum atomic E-state index is -0.141. The van der Waals surface area contributed by atoms with Crippen molar-refractivity contribution >= 4 is 5.96 Å². The van der Waals surface area contributed by atoms with Crippen LogP contribution >= 0.6 is 0 Å². The van der Waals surface area contributed by atoms with E-state index in [2.05, 4.69) is 27.4 Å². The highest BCUT2D eigenvalue weighted by atomic mass is 19.1. The summed E-state index contributed by atoms with van der Waals surface area (Å²) in [5, 5.41) is 6.59. The van der Waals surface area contributed by atoms with Crippen molar-refractivity contribution < 1.29 is 4.39 Å². The number of rotatable bonds is 7. The van der Waals surface area contributed by atoms with Crippen molar-refractivity contribution in [2.45, 2.75) is 32.6 Å². The van der Waals surface area contributed by atoms with Crippen molar-refractivity contribution in [3.05, 3.63) is 35.6 Å². The number of piperidine rings is 1. The van der Waals surface area contributed by atoms with Crippen LogP contribution in [-0.4, -0.2) is 50.6 Å². The molecule has 0 radical (unpaired) electrons. The lowest BCUT2D eigenvalue weighted by atomic mass is 10.0. The Morgan fingerprint density at radius 2 is 2.08 bits per heavy atom. The number of likely N-dealkylation sites (tertiary alicyclic amines) is 1. The van der Waals surface area contributed by atoms with Gasteiger partial charge in [-0.2, -0.15) is 0 Å². The molecule has 0 aromatic heterocycles. The number of hydrogen-bond donors (Lipinski definition) is 2. The largest absolute Gasteiger partial charge is 0.356 e. The molecule has 0 saturated carbocycles. The smallest absolute Gasteiger partial charge is 0.190 e. The minimum absolute atomic E-state index is 0.141. The van der Waals surface area contributed by atoms with Crippen molar-refractivity contribution in [1.82, 2.24) is 15.5 Å². The van der Waals surface area contributed by atoms with Crippen LogP contribution in [0.4, 0.5) is 4.39 Å². The van der Waals surface area contributed by atoms with E-state index < -0.39 is 0 Å². The summed E-state index contributed by atoms with van der Waals surface area (Å²) in [6, 6.07) is 6.92. The van der Waals surface area contributed by atoms with Crippen LogP contribution in [0.3, 0.4) is 0 Å². The van der Waals surface area contributed by atoms with E-state index in [0.29, 0.717) is 13.0 Å². The molecular formula is C19H31FN4. The molecular weight excluding hydrogens is 303 g/mol. The highest BCUT2D eigenvalue weighted by Gasteiger charge is 2.15. The van der Waals surface area contributed by atoms with Crippen molar-refractivity contribution in [3.63, 3.8) is 0 Å². The topological polar surface area (TPSA) is 39.7 Å². The molecule has 1 heterocycles. The Morgan fingerprint density at radius 3 is 2.83 bits per heavy atom. The van der Waals surface area contributed by atoms with Crippen molar-refractivity contribution in [2.24, 2.45) is 10.9 Å². The number of guanidine groups is 1. The van der Waals surface area contributed by atoms with Crippen LogP contribution in [0.15, 0.2) is 29.3 Å². The Hall–Kier alpha value is -1.62. The van der Waals surface area contributed by atoms with E-state index in [0.717, 1.165) is 37.0 Å². The number of benzene rings is 1. The van der Waals surface area contributed by atoms with Crippen molar-refractivity contribution in [1.29, 1.82) is 0 Å². The molecule has 1 aliphatic rings. The molecule has 1 aliphatic heterocycles. The van der Waals surface area contributed by atoms with Gasteiger partial charge in [-0.05, 0) is 56.3 Å². The average Bonchev–Trinajstić information content (AvgIpc) is 2.58. The molecule has 0 spiro atoms. The van der Waals surface area contributed by atoms with Crippen LogP contribution in [0.25, 0.3) is 0 Å². The van der Waals surface area contributed by atoms with E-state index >= 15 is 0 Å².